The SMILES string of the molecule is O=S(=O)(c1ccc(OC(F)(F)F)cc1)N1CCN(C(=S)NC2CC2)CC1. The first-order chi connectivity index (χ1) is 12.1. The van der Waals surface area contributed by atoms with Gasteiger partial charge in [-0.05, 0) is 49.3 Å². The van der Waals surface area contributed by atoms with Crippen molar-refractivity contribution in [2.45, 2.75) is 30.1 Å². The summed E-state index contributed by atoms with van der Waals surface area (Å²) in [6, 6.07) is 4.64. The lowest BCUT2D eigenvalue weighted by atomic mass is 10.3. The summed E-state index contributed by atoms with van der Waals surface area (Å²) in [5.41, 5.74) is 0. The molecule has 144 valence electrons. The van der Waals surface area contributed by atoms with Gasteiger partial charge in [-0.3, -0.25) is 0 Å². The van der Waals surface area contributed by atoms with Gasteiger partial charge in [0.05, 0.1) is 4.90 Å². The van der Waals surface area contributed by atoms with Gasteiger partial charge in [0.1, 0.15) is 5.75 Å². The highest BCUT2D eigenvalue weighted by Crippen LogP contribution is 2.25. The predicted octanol–water partition coefficient (Wildman–Crippen LogP) is 1.93. The third-order valence-corrected chi connectivity index (χ3v) is 6.41. The highest BCUT2D eigenvalue weighted by molar-refractivity contribution is 7.89. The number of sulfonamides is 1. The zero-order valence-corrected chi connectivity index (χ0v) is 15.3. The van der Waals surface area contributed by atoms with E-state index in [0.29, 0.717) is 24.2 Å². The van der Waals surface area contributed by atoms with Crippen LogP contribution < -0.4 is 10.1 Å². The summed E-state index contributed by atoms with van der Waals surface area (Å²) in [5, 5.41) is 3.85. The molecule has 3 rings (SSSR count). The highest BCUT2D eigenvalue weighted by atomic mass is 32.2. The Morgan fingerprint density at radius 2 is 1.69 bits per heavy atom. The smallest absolute Gasteiger partial charge is 0.406 e. The number of hydrogen-bond donors (Lipinski definition) is 1. The van der Waals surface area contributed by atoms with Crippen molar-refractivity contribution >= 4 is 27.4 Å². The zero-order chi connectivity index (χ0) is 18.9. The van der Waals surface area contributed by atoms with Gasteiger partial charge in [0, 0.05) is 32.2 Å². The van der Waals surface area contributed by atoms with Crippen molar-refractivity contribution in [3.05, 3.63) is 24.3 Å². The molecule has 1 heterocycles. The quantitative estimate of drug-likeness (QED) is 0.767. The molecule has 26 heavy (non-hydrogen) atoms. The maximum Gasteiger partial charge on any atom is 0.573 e. The normalized spacial score (nSPS) is 19.3. The first-order valence-corrected chi connectivity index (χ1v) is 9.91. The topological polar surface area (TPSA) is 61.9 Å². The van der Waals surface area contributed by atoms with Crippen LogP contribution >= 0.6 is 12.2 Å². The van der Waals surface area contributed by atoms with E-state index in [2.05, 4.69) is 10.1 Å². The van der Waals surface area contributed by atoms with E-state index in [4.69, 9.17) is 12.2 Å². The molecule has 1 saturated heterocycles. The van der Waals surface area contributed by atoms with Gasteiger partial charge in [-0.25, -0.2) is 8.42 Å². The van der Waals surface area contributed by atoms with Gasteiger partial charge in [0.25, 0.3) is 0 Å². The van der Waals surface area contributed by atoms with Gasteiger partial charge in [0.2, 0.25) is 10.0 Å². The summed E-state index contributed by atoms with van der Waals surface area (Å²) in [4.78, 5) is 1.86. The molecule has 6 nitrogen and oxygen atoms in total. The van der Waals surface area contributed by atoms with Crippen LogP contribution in [0.25, 0.3) is 0 Å². The molecule has 1 aliphatic heterocycles. The molecular formula is C15H18F3N3O3S2. The van der Waals surface area contributed by atoms with Crippen molar-refractivity contribution in [1.29, 1.82) is 0 Å². The maximum absolute atomic E-state index is 12.6. The fraction of sp³-hybridized carbons (Fsp3) is 0.533. The number of nitrogens with one attached hydrogen (secondary N) is 1. The summed E-state index contributed by atoms with van der Waals surface area (Å²) < 4.78 is 66.9. The summed E-state index contributed by atoms with van der Waals surface area (Å²) in [6.07, 6.45) is -2.62. The van der Waals surface area contributed by atoms with E-state index in [1.165, 1.54) is 4.31 Å². The number of nitrogens with zero attached hydrogens (tertiary/aromatic N) is 2. The van der Waals surface area contributed by atoms with Gasteiger partial charge < -0.3 is 15.0 Å². The van der Waals surface area contributed by atoms with E-state index in [9.17, 15) is 21.6 Å². The van der Waals surface area contributed by atoms with Gasteiger partial charge in [0.15, 0.2) is 5.11 Å². The van der Waals surface area contributed by atoms with Gasteiger partial charge in [-0.1, -0.05) is 0 Å². The average molecular weight is 409 g/mol. The largest absolute Gasteiger partial charge is 0.573 e. The molecule has 11 heteroatoms. The standard InChI is InChI=1S/C15H18F3N3O3S2/c16-15(17,18)24-12-3-5-13(6-4-12)26(22,23)21-9-7-20(8-10-21)14(25)19-11-1-2-11/h3-6,11H,1-2,7-10H2,(H,19,25). The molecule has 0 bridgehead atoms. The molecule has 1 aliphatic carbocycles. The van der Waals surface area contributed by atoms with Crippen molar-refractivity contribution in [2.75, 3.05) is 26.2 Å². The lowest BCUT2D eigenvalue weighted by Crippen LogP contribution is -2.53. The monoisotopic (exact) mass is 409 g/mol. The molecule has 0 aromatic heterocycles. The fourth-order valence-electron chi connectivity index (χ4n) is 2.59. The van der Waals surface area contributed by atoms with Crippen molar-refractivity contribution < 1.29 is 26.3 Å². The van der Waals surface area contributed by atoms with Gasteiger partial charge in [-0.15, -0.1) is 13.2 Å². The molecule has 0 radical (unpaired) electrons. The summed E-state index contributed by atoms with van der Waals surface area (Å²) in [5.74, 6) is -0.460. The first-order valence-electron chi connectivity index (χ1n) is 8.06. The highest BCUT2D eigenvalue weighted by Gasteiger charge is 2.33. The van der Waals surface area contributed by atoms with Crippen LogP contribution in [-0.2, 0) is 10.0 Å². The molecule has 0 atom stereocenters. The number of piperazine rings is 1. The summed E-state index contributed by atoms with van der Waals surface area (Å²) in [6.45, 7) is 1.45. The Kier molecular flexibility index (Phi) is 5.31. The number of alkyl halides is 3. The van der Waals surface area contributed by atoms with Crippen LogP contribution in [0.3, 0.4) is 0 Å². The van der Waals surface area contributed by atoms with Crippen LogP contribution in [0.4, 0.5) is 13.2 Å². The second-order valence-corrected chi connectivity index (χ2v) is 8.46. The van der Waals surface area contributed by atoms with Crippen molar-refractivity contribution in [1.82, 2.24) is 14.5 Å². The van der Waals surface area contributed by atoms with Gasteiger partial charge in [-0.2, -0.15) is 4.31 Å². The van der Waals surface area contributed by atoms with E-state index in [0.717, 1.165) is 37.1 Å². The third-order valence-electron chi connectivity index (χ3n) is 4.13. The second kappa shape index (κ2) is 7.20. The Balaban J connectivity index is 1.60. The Morgan fingerprint density at radius 1 is 1.12 bits per heavy atom. The first kappa shape index (κ1) is 19.2. The molecule has 1 aromatic carbocycles. The van der Waals surface area contributed by atoms with Crippen molar-refractivity contribution in [3.63, 3.8) is 0 Å². The number of hydrogen-bond acceptors (Lipinski definition) is 4. The van der Waals surface area contributed by atoms with E-state index >= 15 is 0 Å². The third kappa shape index (κ3) is 4.77. The van der Waals surface area contributed by atoms with Crippen molar-refractivity contribution in [2.24, 2.45) is 0 Å². The fourth-order valence-corrected chi connectivity index (χ4v) is 4.36. The van der Waals surface area contributed by atoms with Gasteiger partial charge >= 0.3 is 6.36 Å². The lowest BCUT2D eigenvalue weighted by molar-refractivity contribution is -0.274. The van der Waals surface area contributed by atoms with Crippen LogP contribution in [0.15, 0.2) is 29.2 Å². The lowest BCUT2D eigenvalue weighted by Gasteiger charge is -2.35. The molecule has 0 amide bonds. The molecule has 0 spiro atoms. The van der Waals surface area contributed by atoms with E-state index in [1.807, 2.05) is 4.90 Å². The average Bonchev–Trinajstić information content (AvgIpc) is 3.38. The molecule has 2 fully saturated rings. The Hall–Kier alpha value is -1.59. The van der Waals surface area contributed by atoms with E-state index < -0.39 is 22.1 Å². The minimum absolute atomic E-state index is 0.0702. The number of halogens is 3. The van der Waals surface area contributed by atoms with E-state index in [1.54, 1.807) is 0 Å². The Labute approximate surface area is 155 Å². The second-order valence-electron chi connectivity index (χ2n) is 6.13. The van der Waals surface area contributed by atoms with E-state index in [-0.39, 0.29) is 18.0 Å². The summed E-state index contributed by atoms with van der Waals surface area (Å²) >= 11 is 5.31. The molecule has 2 aliphatic rings. The van der Waals surface area contributed by atoms with Crippen LogP contribution in [0.1, 0.15) is 12.8 Å². The number of benzene rings is 1. The zero-order valence-electron chi connectivity index (χ0n) is 13.7. The number of thiocarbonyl (C=S) groups is 1. The minimum Gasteiger partial charge on any atom is -0.406 e. The number of rotatable bonds is 4. The molecule has 0 unspecified atom stereocenters. The van der Waals surface area contributed by atoms with Crippen molar-refractivity contribution in [3.8, 4) is 5.75 Å². The molecule has 1 saturated carbocycles. The molecule has 1 aromatic rings. The Morgan fingerprint density at radius 3 is 2.19 bits per heavy atom. The number of ether oxygens (including phenoxy) is 1. The van der Waals surface area contributed by atoms with Crippen LogP contribution in [-0.4, -0.2) is 61.3 Å². The van der Waals surface area contributed by atoms with Crippen LogP contribution in [0.5, 0.6) is 5.75 Å². The molecule has 1 N–H and O–H groups in total. The minimum atomic E-state index is -4.82. The van der Waals surface area contributed by atoms with Crippen LogP contribution in [0, 0.1) is 0 Å². The Bertz CT molecular complexity index is 757. The maximum atomic E-state index is 12.6. The molecular weight excluding hydrogens is 391 g/mol. The van der Waals surface area contributed by atoms with Crippen LogP contribution in [0.2, 0.25) is 0 Å². The summed E-state index contributed by atoms with van der Waals surface area (Å²) in [7, 11) is -3.78. The predicted molar refractivity (Wildman–Crippen MR) is 92.2 cm³/mol.